The van der Waals surface area contributed by atoms with Crippen LogP contribution in [0.15, 0.2) is 81.7 Å². The van der Waals surface area contributed by atoms with Crippen molar-refractivity contribution in [2.24, 2.45) is 15.0 Å². The van der Waals surface area contributed by atoms with Gasteiger partial charge in [0.2, 0.25) is 18.2 Å². The fraction of sp³-hybridized carbons (Fsp3) is 0.278. The van der Waals surface area contributed by atoms with Gasteiger partial charge in [-0.25, -0.2) is 28.9 Å². The van der Waals surface area contributed by atoms with Gasteiger partial charge < -0.3 is 0 Å². The third-order valence-corrected chi connectivity index (χ3v) is 6.98. The van der Waals surface area contributed by atoms with Crippen LogP contribution in [0, 0.1) is 27.2 Å². The number of rotatable bonds is 6. The fourth-order valence-electron chi connectivity index (χ4n) is 4.97. The second-order valence-electron chi connectivity index (χ2n) is 9.40. The highest BCUT2D eigenvalue weighted by atomic mass is 16.2. The van der Waals surface area contributed by atoms with Crippen molar-refractivity contribution in [2.75, 3.05) is 14.7 Å². The van der Waals surface area contributed by atoms with Gasteiger partial charge in [0.05, 0.1) is 22.7 Å². The van der Waals surface area contributed by atoms with Gasteiger partial charge in [-0.15, -0.1) is 0 Å². The molecule has 0 N–H and O–H groups in total. The topological polar surface area (TPSA) is 132 Å². The van der Waals surface area contributed by atoms with Crippen LogP contribution >= 0.6 is 0 Å². The summed E-state index contributed by atoms with van der Waals surface area (Å²) >= 11 is 0. The molecule has 1 radical (unpaired) electrons. The molecule has 1 saturated heterocycles. The maximum atomic E-state index is 14.3. The molecule has 11 heteroatoms. The number of imide groups is 1. The Morgan fingerprint density at radius 1 is 0.553 bits per heavy atom. The van der Waals surface area contributed by atoms with E-state index in [1.165, 1.54) is 40.2 Å². The SMILES string of the molecule is CC.CC.CC.Cc1cc(N2C(=O)N(c3ccc(N=C=O)c(C)c3)C3([CH]C=C3)N(c3ccc(N=C=O)c(C)c3)C2=O)ccc1N=C=O. The number of amides is 4. The predicted octanol–water partition coefficient (Wildman–Crippen LogP) is 9.14. The summed E-state index contributed by atoms with van der Waals surface area (Å²) in [5.74, 6) is 0. The zero-order valence-corrected chi connectivity index (χ0v) is 28.2. The first-order chi connectivity index (χ1) is 22.7. The third kappa shape index (κ3) is 7.24. The summed E-state index contributed by atoms with van der Waals surface area (Å²) in [6.45, 7) is 17.2. The second-order valence-corrected chi connectivity index (χ2v) is 9.40. The van der Waals surface area contributed by atoms with E-state index < -0.39 is 17.7 Å². The minimum atomic E-state index is -1.31. The van der Waals surface area contributed by atoms with Crippen LogP contribution < -0.4 is 14.7 Å². The van der Waals surface area contributed by atoms with Crippen LogP contribution in [0.25, 0.3) is 0 Å². The van der Waals surface area contributed by atoms with E-state index in [0.717, 1.165) is 4.90 Å². The Morgan fingerprint density at radius 2 is 0.872 bits per heavy atom. The molecule has 1 heterocycles. The summed E-state index contributed by atoms with van der Waals surface area (Å²) in [4.78, 5) is 76.2. The lowest BCUT2D eigenvalue weighted by Gasteiger charge is -2.56. The van der Waals surface area contributed by atoms with Gasteiger partial charge in [0.25, 0.3) is 0 Å². The number of benzene rings is 3. The van der Waals surface area contributed by atoms with Gasteiger partial charge in [-0.1, -0.05) is 47.6 Å². The number of nitrogens with zero attached hydrogens (tertiary/aromatic N) is 6. The Morgan fingerprint density at radius 3 is 1.15 bits per heavy atom. The normalized spacial score (nSPS) is 15.6. The highest BCUT2D eigenvalue weighted by molar-refractivity contribution is 6.28. The number of anilines is 3. The summed E-state index contributed by atoms with van der Waals surface area (Å²) in [7, 11) is 0. The van der Waals surface area contributed by atoms with E-state index in [2.05, 4.69) is 15.0 Å². The largest absolute Gasteiger partial charge is 0.339 e. The molecule has 5 rings (SSSR count). The quantitative estimate of drug-likeness (QED) is 0.197. The number of urea groups is 2. The minimum absolute atomic E-state index is 0.258. The first-order valence-electron chi connectivity index (χ1n) is 15.3. The van der Waals surface area contributed by atoms with Crippen molar-refractivity contribution in [1.29, 1.82) is 0 Å². The van der Waals surface area contributed by atoms with Crippen LogP contribution in [-0.2, 0) is 14.4 Å². The summed E-state index contributed by atoms with van der Waals surface area (Å²) in [5.41, 5.74) is 2.75. The van der Waals surface area contributed by atoms with Gasteiger partial charge in [0.1, 0.15) is 0 Å². The number of hydrogen-bond donors (Lipinski definition) is 0. The van der Waals surface area contributed by atoms with Crippen LogP contribution in [0.4, 0.5) is 43.7 Å². The Bertz CT molecular complexity index is 1710. The molecule has 1 spiro atoms. The molecular weight excluding hydrogens is 596 g/mol. The average molecular weight is 636 g/mol. The molecule has 0 atom stereocenters. The van der Waals surface area contributed by atoms with Crippen LogP contribution in [0.3, 0.4) is 0 Å². The van der Waals surface area contributed by atoms with Crippen molar-refractivity contribution >= 4 is 64.4 Å². The molecular formula is C36H39N6O5. The van der Waals surface area contributed by atoms with Crippen LogP contribution in [0.1, 0.15) is 58.2 Å². The molecule has 3 aromatic carbocycles. The molecule has 1 fully saturated rings. The maximum absolute atomic E-state index is 14.3. The molecule has 1 aliphatic carbocycles. The zero-order chi connectivity index (χ0) is 35.3. The van der Waals surface area contributed by atoms with E-state index in [9.17, 15) is 24.0 Å². The third-order valence-electron chi connectivity index (χ3n) is 6.98. The molecule has 47 heavy (non-hydrogen) atoms. The maximum Gasteiger partial charge on any atom is 0.339 e. The number of isocyanates is 3. The van der Waals surface area contributed by atoms with E-state index in [4.69, 9.17) is 0 Å². The van der Waals surface area contributed by atoms with Crippen molar-refractivity contribution in [2.45, 2.75) is 68.0 Å². The first-order valence-corrected chi connectivity index (χ1v) is 15.3. The van der Waals surface area contributed by atoms with Gasteiger partial charge in [-0.3, -0.25) is 9.80 Å². The summed E-state index contributed by atoms with van der Waals surface area (Å²) in [6, 6.07) is 13.2. The summed E-state index contributed by atoms with van der Waals surface area (Å²) in [6.07, 6.45) is 9.74. The van der Waals surface area contributed by atoms with E-state index in [1.54, 1.807) is 81.8 Å². The number of hydrogen-bond acceptors (Lipinski definition) is 8. The summed E-state index contributed by atoms with van der Waals surface area (Å²) in [5, 5.41) is 0. The predicted molar refractivity (Wildman–Crippen MR) is 185 cm³/mol. The van der Waals surface area contributed by atoms with Gasteiger partial charge in [0.15, 0.2) is 5.66 Å². The number of aliphatic imine (C=N–C) groups is 3. The van der Waals surface area contributed by atoms with Gasteiger partial charge >= 0.3 is 12.1 Å². The highest BCUT2D eigenvalue weighted by Crippen LogP contribution is 2.46. The lowest BCUT2D eigenvalue weighted by Crippen LogP contribution is -2.76. The van der Waals surface area contributed by atoms with E-state index >= 15 is 0 Å². The Hall–Kier alpha value is -5.72. The molecule has 11 nitrogen and oxygen atoms in total. The zero-order valence-electron chi connectivity index (χ0n) is 28.2. The first kappa shape index (κ1) is 37.5. The standard InChI is InChI=1S/C30H21N6O5.3C2H6/c1-19-13-22(5-8-25(19)31-16-37)34-28(40)35(23-6-9-26(32-17-38)20(2)14-23)30(11-4-12-30)36(29(34)41)24-7-10-27(33-18-39)21(3)15-24;3*1-2/h4-15H,1-3H3;3*1-2H3. The molecule has 0 bridgehead atoms. The van der Waals surface area contributed by atoms with Crippen LogP contribution in [0.5, 0.6) is 0 Å². The van der Waals surface area contributed by atoms with Crippen molar-refractivity contribution in [3.8, 4) is 0 Å². The number of aryl methyl sites for hydroxylation is 3. The van der Waals surface area contributed by atoms with Crippen molar-refractivity contribution in [3.63, 3.8) is 0 Å². The molecule has 4 amide bonds. The second kappa shape index (κ2) is 17.1. The Labute approximate surface area is 275 Å². The Balaban J connectivity index is 0.00000121. The number of carbonyl (C=O) groups is 2. The van der Waals surface area contributed by atoms with Crippen molar-refractivity contribution in [1.82, 2.24) is 0 Å². The molecule has 0 unspecified atom stereocenters. The Kier molecular flexibility index (Phi) is 13.6. The van der Waals surface area contributed by atoms with E-state index in [-0.39, 0.29) is 5.69 Å². The van der Waals surface area contributed by atoms with Gasteiger partial charge in [0, 0.05) is 17.8 Å². The minimum Gasteiger partial charge on any atom is -0.265 e. The van der Waals surface area contributed by atoms with E-state index in [0.29, 0.717) is 45.1 Å². The summed E-state index contributed by atoms with van der Waals surface area (Å²) < 4.78 is 0. The molecule has 1 aliphatic heterocycles. The smallest absolute Gasteiger partial charge is 0.265 e. The van der Waals surface area contributed by atoms with E-state index in [1.807, 2.05) is 41.5 Å². The molecule has 2 aliphatic rings. The van der Waals surface area contributed by atoms with Gasteiger partial charge in [-0.2, -0.15) is 15.0 Å². The van der Waals surface area contributed by atoms with Crippen LogP contribution in [-0.4, -0.2) is 36.0 Å². The fourth-order valence-corrected chi connectivity index (χ4v) is 4.97. The van der Waals surface area contributed by atoms with Crippen molar-refractivity contribution < 1.29 is 24.0 Å². The van der Waals surface area contributed by atoms with Gasteiger partial charge in [-0.05, 0) is 98.1 Å². The molecule has 0 saturated carbocycles. The monoisotopic (exact) mass is 635 g/mol. The highest BCUT2D eigenvalue weighted by Gasteiger charge is 2.57. The average Bonchev–Trinajstić information content (AvgIpc) is 3.06. The lowest BCUT2D eigenvalue weighted by atomic mass is 9.88. The number of carbonyl (C=O) groups excluding carboxylic acids is 5. The van der Waals surface area contributed by atoms with Crippen LogP contribution in [0.2, 0.25) is 0 Å². The van der Waals surface area contributed by atoms with Crippen molar-refractivity contribution in [3.05, 3.63) is 89.9 Å². The lowest BCUT2D eigenvalue weighted by molar-refractivity contribution is 0.226. The molecule has 243 valence electrons. The molecule has 0 aromatic heterocycles. The molecule has 3 aromatic rings.